The van der Waals surface area contributed by atoms with Crippen LogP contribution in [0.25, 0.3) is 0 Å². The van der Waals surface area contributed by atoms with Gasteiger partial charge in [0.2, 0.25) is 21.8 Å². The van der Waals surface area contributed by atoms with Crippen molar-refractivity contribution in [1.29, 1.82) is 0 Å². The molecule has 27 heavy (non-hydrogen) atoms. The molecular weight excluding hydrogens is 370 g/mol. The second kappa shape index (κ2) is 11.6. The molecular formula is C18H29N3O5S. The van der Waals surface area contributed by atoms with E-state index in [2.05, 4.69) is 15.4 Å². The van der Waals surface area contributed by atoms with Crippen LogP contribution >= 0.6 is 0 Å². The van der Waals surface area contributed by atoms with Crippen LogP contribution in [0.4, 0.5) is 0 Å². The minimum absolute atomic E-state index is 0.0204. The monoisotopic (exact) mass is 399 g/mol. The van der Waals surface area contributed by atoms with Crippen molar-refractivity contribution in [2.45, 2.75) is 50.5 Å². The van der Waals surface area contributed by atoms with Gasteiger partial charge in [-0.1, -0.05) is 13.8 Å². The summed E-state index contributed by atoms with van der Waals surface area (Å²) in [7, 11) is -2.43. The molecule has 1 rings (SSSR count). The van der Waals surface area contributed by atoms with Crippen LogP contribution < -0.4 is 20.1 Å². The maximum atomic E-state index is 12.6. The molecule has 0 spiro atoms. The van der Waals surface area contributed by atoms with E-state index in [1.165, 1.54) is 31.4 Å². The van der Waals surface area contributed by atoms with Crippen LogP contribution in [0.15, 0.2) is 29.2 Å². The third-order valence-corrected chi connectivity index (χ3v) is 5.25. The van der Waals surface area contributed by atoms with Gasteiger partial charge in [0.1, 0.15) is 11.8 Å². The zero-order chi connectivity index (χ0) is 20.3. The predicted octanol–water partition coefficient (Wildman–Crippen LogP) is 1.17. The number of rotatable bonds is 12. The Labute approximate surface area is 161 Å². The smallest absolute Gasteiger partial charge is 0.241 e. The topological polar surface area (TPSA) is 114 Å². The minimum Gasteiger partial charge on any atom is -0.497 e. The third-order valence-electron chi connectivity index (χ3n) is 3.77. The van der Waals surface area contributed by atoms with Gasteiger partial charge in [0.25, 0.3) is 0 Å². The van der Waals surface area contributed by atoms with Crippen LogP contribution in [-0.2, 0) is 19.6 Å². The molecule has 1 atom stereocenters. The molecule has 9 heteroatoms. The molecule has 1 aromatic rings. The standard InChI is InChI=1S/C18H29N3O5S/c1-4-12-19-17(22)11-10-16(18(23)20-13-5-2)21-27(24,25)15-8-6-14(26-3)7-9-15/h6-9,16,21H,4-5,10-13H2,1-3H3,(H,19,22)(H,20,23)/t16-/m0/s1. The highest BCUT2D eigenvalue weighted by Gasteiger charge is 2.26. The summed E-state index contributed by atoms with van der Waals surface area (Å²) in [4.78, 5) is 24.2. The molecule has 0 saturated heterocycles. The summed E-state index contributed by atoms with van der Waals surface area (Å²) in [5, 5.41) is 5.39. The largest absolute Gasteiger partial charge is 0.497 e. The highest BCUT2D eigenvalue weighted by Crippen LogP contribution is 2.16. The summed E-state index contributed by atoms with van der Waals surface area (Å²) in [6.45, 7) is 4.81. The lowest BCUT2D eigenvalue weighted by atomic mass is 10.1. The molecule has 3 N–H and O–H groups in total. The Morgan fingerprint density at radius 1 is 1.04 bits per heavy atom. The van der Waals surface area contributed by atoms with Crippen molar-refractivity contribution in [3.8, 4) is 5.75 Å². The fourth-order valence-electron chi connectivity index (χ4n) is 2.25. The number of sulfonamides is 1. The second-order valence-electron chi connectivity index (χ2n) is 6.03. The van der Waals surface area contributed by atoms with E-state index >= 15 is 0 Å². The Hall–Kier alpha value is -2.13. The fraction of sp³-hybridized carbons (Fsp3) is 0.556. The summed E-state index contributed by atoms with van der Waals surface area (Å²) in [5.41, 5.74) is 0. The molecule has 2 amide bonds. The molecule has 1 aromatic carbocycles. The highest BCUT2D eigenvalue weighted by atomic mass is 32.2. The van der Waals surface area contributed by atoms with Gasteiger partial charge in [-0.2, -0.15) is 4.72 Å². The summed E-state index contributed by atoms with van der Waals surface area (Å²) >= 11 is 0. The fourth-order valence-corrected chi connectivity index (χ4v) is 3.48. The molecule has 0 aliphatic carbocycles. The number of methoxy groups -OCH3 is 1. The first kappa shape index (κ1) is 22.9. The molecule has 0 fully saturated rings. The molecule has 8 nitrogen and oxygen atoms in total. The summed E-state index contributed by atoms with van der Waals surface area (Å²) in [6, 6.07) is 4.82. The molecule has 152 valence electrons. The zero-order valence-electron chi connectivity index (χ0n) is 16.1. The minimum atomic E-state index is -3.92. The van der Waals surface area contributed by atoms with E-state index in [0.29, 0.717) is 18.8 Å². The molecule has 0 aromatic heterocycles. The van der Waals surface area contributed by atoms with E-state index < -0.39 is 22.0 Å². The van der Waals surface area contributed by atoms with Gasteiger partial charge in [0.05, 0.1) is 12.0 Å². The Morgan fingerprint density at radius 2 is 1.63 bits per heavy atom. The lowest BCUT2D eigenvalue weighted by Gasteiger charge is -2.18. The Balaban J connectivity index is 2.86. The molecule has 0 aliphatic rings. The Bertz CT molecular complexity index is 704. The van der Waals surface area contributed by atoms with E-state index in [1.807, 2.05) is 13.8 Å². The van der Waals surface area contributed by atoms with Crippen LogP contribution in [-0.4, -0.2) is 46.5 Å². The van der Waals surface area contributed by atoms with Gasteiger partial charge < -0.3 is 15.4 Å². The average Bonchev–Trinajstić information content (AvgIpc) is 2.67. The summed E-state index contributed by atoms with van der Waals surface area (Å²) in [6.07, 6.45) is 1.65. The van der Waals surface area contributed by atoms with Crippen molar-refractivity contribution < 1.29 is 22.7 Å². The van der Waals surface area contributed by atoms with Crippen molar-refractivity contribution in [2.24, 2.45) is 0 Å². The molecule has 0 radical (unpaired) electrons. The van der Waals surface area contributed by atoms with Crippen molar-refractivity contribution in [1.82, 2.24) is 15.4 Å². The van der Waals surface area contributed by atoms with Crippen molar-refractivity contribution >= 4 is 21.8 Å². The number of nitrogens with one attached hydrogen (secondary N) is 3. The number of hydrogen-bond acceptors (Lipinski definition) is 5. The molecule has 0 unspecified atom stereocenters. The van der Waals surface area contributed by atoms with E-state index in [-0.39, 0.29) is 23.6 Å². The molecule has 0 heterocycles. The van der Waals surface area contributed by atoms with Crippen LogP contribution in [0.3, 0.4) is 0 Å². The SMILES string of the molecule is CCCNC(=O)CC[C@H](NS(=O)(=O)c1ccc(OC)cc1)C(=O)NCCC. The van der Waals surface area contributed by atoms with E-state index in [0.717, 1.165) is 12.8 Å². The lowest BCUT2D eigenvalue weighted by molar-refractivity contribution is -0.123. The third kappa shape index (κ3) is 7.96. The lowest BCUT2D eigenvalue weighted by Crippen LogP contribution is -2.47. The van der Waals surface area contributed by atoms with Gasteiger partial charge >= 0.3 is 0 Å². The first-order valence-corrected chi connectivity index (χ1v) is 10.5. The number of carbonyl (C=O) groups excluding carboxylic acids is 2. The van der Waals surface area contributed by atoms with Crippen LogP contribution in [0, 0.1) is 0 Å². The van der Waals surface area contributed by atoms with Gasteiger partial charge in [-0.3, -0.25) is 9.59 Å². The first-order chi connectivity index (χ1) is 12.8. The molecule has 0 bridgehead atoms. The Morgan fingerprint density at radius 3 is 2.19 bits per heavy atom. The highest BCUT2D eigenvalue weighted by molar-refractivity contribution is 7.89. The number of amides is 2. The maximum Gasteiger partial charge on any atom is 0.241 e. The summed E-state index contributed by atoms with van der Waals surface area (Å²) < 4.78 is 32.6. The predicted molar refractivity (Wildman–Crippen MR) is 103 cm³/mol. The van der Waals surface area contributed by atoms with Gasteiger partial charge in [0.15, 0.2) is 0 Å². The van der Waals surface area contributed by atoms with Crippen molar-refractivity contribution in [2.75, 3.05) is 20.2 Å². The van der Waals surface area contributed by atoms with Gasteiger partial charge in [-0.15, -0.1) is 0 Å². The molecule has 0 saturated carbocycles. The number of hydrogen-bond donors (Lipinski definition) is 3. The zero-order valence-corrected chi connectivity index (χ0v) is 16.9. The van der Waals surface area contributed by atoms with Gasteiger partial charge in [0, 0.05) is 19.5 Å². The van der Waals surface area contributed by atoms with E-state index in [9.17, 15) is 18.0 Å². The second-order valence-corrected chi connectivity index (χ2v) is 7.74. The van der Waals surface area contributed by atoms with Crippen molar-refractivity contribution in [3.05, 3.63) is 24.3 Å². The number of ether oxygens (including phenoxy) is 1. The van der Waals surface area contributed by atoms with Crippen LogP contribution in [0.1, 0.15) is 39.5 Å². The van der Waals surface area contributed by atoms with Crippen LogP contribution in [0.5, 0.6) is 5.75 Å². The average molecular weight is 400 g/mol. The number of benzene rings is 1. The summed E-state index contributed by atoms with van der Waals surface area (Å²) in [5.74, 6) is -0.134. The Kier molecular flexibility index (Phi) is 9.81. The molecule has 0 aliphatic heterocycles. The quantitative estimate of drug-likeness (QED) is 0.488. The van der Waals surface area contributed by atoms with Gasteiger partial charge in [-0.05, 0) is 43.5 Å². The number of carbonyl (C=O) groups is 2. The van der Waals surface area contributed by atoms with Crippen molar-refractivity contribution in [3.63, 3.8) is 0 Å². The van der Waals surface area contributed by atoms with E-state index in [1.54, 1.807) is 0 Å². The van der Waals surface area contributed by atoms with Crippen LogP contribution in [0.2, 0.25) is 0 Å². The van der Waals surface area contributed by atoms with E-state index in [4.69, 9.17) is 4.74 Å². The normalized spacial score (nSPS) is 12.3. The first-order valence-electron chi connectivity index (χ1n) is 9.04. The van der Waals surface area contributed by atoms with Gasteiger partial charge in [-0.25, -0.2) is 8.42 Å². The maximum absolute atomic E-state index is 12.6.